The number of rotatable bonds is 6. The van der Waals surface area contributed by atoms with E-state index >= 15 is 0 Å². The highest BCUT2D eigenvalue weighted by atomic mass is 15.2. The largest absolute Gasteiger partial charge is 0.398 e. The zero-order valence-electron chi connectivity index (χ0n) is 11.5. The summed E-state index contributed by atoms with van der Waals surface area (Å²) in [4.78, 5) is 6.79. The van der Waals surface area contributed by atoms with E-state index in [1.807, 2.05) is 19.2 Å². The molecule has 2 N–H and O–H groups in total. The van der Waals surface area contributed by atoms with Crippen LogP contribution in [0.3, 0.4) is 0 Å². The predicted molar refractivity (Wildman–Crippen MR) is 75.3 cm³/mol. The molecule has 0 aliphatic carbocycles. The van der Waals surface area contributed by atoms with Crippen molar-refractivity contribution in [2.75, 3.05) is 23.7 Å². The van der Waals surface area contributed by atoms with E-state index in [1.165, 1.54) is 12.8 Å². The Kier molecular flexibility index (Phi) is 5.26. The van der Waals surface area contributed by atoms with E-state index in [0.717, 1.165) is 36.1 Å². The monoisotopic (exact) mass is 235 g/mol. The molecule has 1 heterocycles. The van der Waals surface area contributed by atoms with Crippen molar-refractivity contribution < 1.29 is 0 Å². The smallest absolute Gasteiger partial charge is 0.130 e. The van der Waals surface area contributed by atoms with Gasteiger partial charge in [0.2, 0.25) is 0 Å². The van der Waals surface area contributed by atoms with E-state index in [2.05, 4.69) is 30.7 Å². The number of aromatic nitrogens is 1. The number of pyridine rings is 1. The van der Waals surface area contributed by atoms with Crippen molar-refractivity contribution in [1.82, 2.24) is 4.98 Å². The van der Waals surface area contributed by atoms with Crippen molar-refractivity contribution in [3.8, 4) is 0 Å². The van der Waals surface area contributed by atoms with Gasteiger partial charge in [-0.2, -0.15) is 0 Å². The SMILES string of the molecule is CCC(CC)CN(CC)c1cc(N)c(C)cn1. The number of nitrogen functional groups attached to an aromatic ring is 1. The molecule has 1 aromatic rings. The zero-order valence-corrected chi connectivity index (χ0v) is 11.5. The van der Waals surface area contributed by atoms with Gasteiger partial charge in [0.05, 0.1) is 0 Å². The molecule has 3 nitrogen and oxygen atoms in total. The molecule has 0 radical (unpaired) electrons. The molecule has 96 valence electrons. The molecule has 1 aromatic heterocycles. The standard InChI is InChI=1S/C14H25N3/c1-5-12(6-2)10-17(7-3)14-8-13(15)11(4)9-16-14/h8-9,12H,5-7,10H2,1-4H3,(H2,15,16). The van der Waals surface area contributed by atoms with Crippen LogP contribution in [0.4, 0.5) is 11.5 Å². The molecular weight excluding hydrogens is 210 g/mol. The first-order valence-corrected chi connectivity index (χ1v) is 6.59. The summed E-state index contributed by atoms with van der Waals surface area (Å²) in [5, 5.41) is 0. The molecule has 3 heteroatoms. The van der Waals surface area contributed by atoms with Gasteiger partial charge >= 0.3 is 0 Å². The molecular formula is C14H25N3. The summed E-state index contributed by atoms with van der Waals surface area (Å²) >= 11 is 0. The molecule has 0 aromatic carbocycles. The molecule has 0 bridgehead atoms. The lowest BCUT2D eigenvalue weighted by Crippen LogP contribution is -2.29. The Morgan fingerprint density at radius 1 is 1.29 bits per heavy atom. The van der Waals surface area contributed by atoms with Gasteiger partial charge < -0.3 is 10.6 Å². The van der Waals surface area contributed by atoms with E-state index in [0.29, 0.717) is 0 Å². The van der Waals surface area contributed by atoms with E-state index < -0.39 is 0 Å². The number of nitrogens with zero attached hydrogens (tertiary/aromatic N) is 2. The molecule has 17 heavy (non-hydrogen) atoms. The third kappa shape index (κ3) is 3.62. The quantitative estimate of drug-likeness (QED) is 0.823. The van der Waals surface area contributed by atoms with Crippen LogP contribution in [0.1, 0.15) is 39.2 Å². The van der Waals surface area contributed by atoms with E-state index in [4.69, 9.17) is 5.73 Å². The first kappa shape index (κ1) is 13.8. The minimum atomic E-state index is 0.735. The lowest BCUT2D eigenvalue weighted by Gasteiger charge is -2.26. The Morgan fingerprint density at radius 3 is 2.41 bits per heavy atom. The second-order valence-electron chi connectivity index (χ2n) is 4.62. The van der Waals surface area contributed by atoms with E-state index in [1.54, 1.807) is 0 Å². The van der Waals surface area contributed by atoms with Gasteiger partial charge in [0, 0.05) is 31.0 Å². The maximum atomic E-state index is 5.94. The number of aryl methyl sites for hydroxylation is 1. The second-order valence-corrected chi connectivity index (χ2v) is 4.62. The highest BCUT2D eigenvalue weighted by molar-refractivity contribution is 5.54. The molecule has 1 rings (SSSR count). The Labute approximate surface area is 105 Å². The van der Waals surface area contributed by atoms with Crippen LogP contribution in [0, 0.1) is 12.8 Å². The van der Waals surface area contributed by atoms with Crippen LogP contribution < -0.4 is 10.6 Å². The third-order valence-electron chi connectivity index (χ3n) is 3.47. The van der Waals surface area contributed by atoms with Crippen LogP contribution >= 0.6 is 0 Å². The van der Waals surface area contributed by atoms with Gasteiger partial charge in [-0.05, 0) is 25.3 Å². The number of nitrogens with two attached hydrogens (primary N) is 1. The molecule has 0 aliphatic heterocycles. The molecule has 0 unspecified atom stereocenters. The maximum Gasteiger partial charge on any atom is 0.130 e. The summed E-state index contributed by atoms with van der Waals surface area (Å²) in [6.07, 6.45) is 4.29. The summed E-state index contributed by atoms with van der Waals surface area (Å²) in [6.45, 7) is 10.7. The Hall–Kier alpha value is -1.25. The van der Waals surface area contributed by atoms with Crippen molar-refractivity contribution in [2.45, 2.75) is 40.5 Å². The van der Waals surface area contributed by atoms with Gasteiger partial charge in [0.15, 0.2) is 0 Å². The van der Waals surface area contributed by atoms with Gasteiger partial charge in [0.25, 0.3) is 0 Å². The Bertz CT molecular complexity index is 345. The zero-order chi connectivity index (χ0) is 12.8. The van der Waals surface area contributed by atoms with Crippen LogP contribution in [0.25, 0.3) is 0 Å². The van der Waals surface area contributed by atoms with Crippen molar-refractivity contribution >= 4 is 11.5 Å². The fraction of sp³-hybridized carbons (Fsp3) is 0.643. The average molecular weight is 235 g/mol. The van der Waals surface area contributed by atoms with E-state index in [-0.39, 0.29) is 0 Å². The van der Waals surface area contributed by atoms with Gasteiger partial charge in [-0.3, -0.25) is 0 Å². The van der Waals surface area contributed by atoms with Gasteiger partial charge in [0.1, 0.15) is 5.82 Å². The molecule has 0 aliphatic rings. The second kappa shape index (κ2) is 6.48. The van der Waals surface area contributed by atoms with Crippen molar-refractivity contribution in [3.63, 3.8) is 0 Å². The molecule has 0 saturated heterocycles. The fourth-order valence-corrected chi connectivity index (χ4v) is 1.94. The van der Waals surface area contributed by atoms with Crippen molar-refractivity contribution in [3.05, 3.63) is 17.8 Å². The lowest BCUT2D eigenvalue weighted by molar-refractivity contribution is 0.484. The molecule has 0 atom stereocenters. The van der Waals surface area contributed by atoms with Gasteiger partial charge in [-0.25, -0.2) is 4.98 Å². The minimum absolute atomic E-state index is 0.735. The Morgan fingerprint density at radius 2 is 1.94 bits per heavy atom. The topological polar surface area (TPSA) is 42.1 Å². The van der Waals surface area contributed by atoms with Gasteiger partial charge in [-0.15, -0.1) is 0 Å². The Balaban J connectivity index is 2.82. The molecule has 0 spiro atoms. The highest BCUT2D eigenvalue weighted by Crippen LogP contribution is 2.20. The van der Waals surface area contributed by atoms with Crippen LogP contribution in [-0.4, -0.2) is 18.1 Å². The summed E-state index contributed by atoms with van der Waals surface area (Å²) in [6, 6.07) is 1.99. The minimum Gasteiger partial charge on any atom is -0.398 e. The third-order valence-corrected chi connectivity index (χ3v) is 3.47. The van der Waals surface area contributed by atoms with Crippen LogP contribution in [0.2, 0.25) is 0 Å². The molecule has 0 saturated carbocycles. The number of hydrogen-bond donors (Lipinski definition) is 1. The van der Waals surface area contributed by atoms with Crippen molar-refractivity contribution in [1.29, 1.82) is 0 Å². The average Bonchev–Trinajstić information content (AvgIpc) is 2.35. The first-order chi connectivity index (χ1) is 8.12. The van der Waals surface area contributed by atoms with Crippen molar-refractivity contribution in [2.24, 2.45) is 5.92 Å². The van der Waals surface area contributed by atoms with Crippen LogP contribution in [0.15, 0.2) is 12.3 Å². The summed E-state index contributed by atoms with van der Waals surface area (Å²) in [5.41, 5.74) is 7.82. The maximum absolute atomic E-state index is 5.94. The van der Waals surface area contributed by atoms with E-state index in [9.17, 15) is 0 Å². The fourth-order valence-electron chi connectivity index (χ4n) is 1.94. The number of hydrogen-bond acceptors (Lipinski definition) is 3. The first-order valence-electron chi connectivity index (χ1n) is 6.59. The molecule has 0 amide bonds. The normalized spacial score (nSPS) is 10.9. The summed E-state index contributed by atoms with van der Waals surface area (Å²) in [5.74, 6) is 1.74. The summed E-state index contributed by atoms with van der Waals surface area (Å²) < 4.78 is 0. The number of anilines is 2. The lowest BCUT2D eigenvalue weighted by atomic mass is 10.0. The predicted octanol–water partition coefficient (Wildman–Crippen LogP) is 3.23. The van der Waals surface area contributed by atoms with Gasteiger partial charge in [-0.1, -0.05) is 26.7 Å². The van der Waals surface area contributed by atoms with Crippen LogP contribution in [-0.2, 0) is 0 Å². The highest BCUT2D eigenvalue weighted by Gasteiger charge is 2.12. The summed E-state index contributed by atoms with van der Waals surface area (Å²) in [7, 11) is 0. The van der Waals surface area contributed by atoms with Crippen LogP contribution in [0.5, 0.6) is 0 Å². The molecule has 0 fully saturated rings.